The Morgan fingerprint density at radius 1 is 0.538 bits per heavy atom. The average molecular weight is 695 g/mol. The molecule has 264 valence electrons. The zero-order chi connectivity index (χ0) is 36.1. The van der Waals surface area contributed by atoms with Gasteiger partial charge in [-0.2, -0.15) is 0 Å². The van der Waals surface area contributed by atoms with Gasteiger partial charge in [0.2, 0.25) is 0 Å². The van der Waals surface area contributed by atoms with Crippen LogP contribution in [0.15, 0.2) is 134 Å². The first-order chi connectivity index (χ1) is 25.4. The number of quaternary nitrogens is 2. The third-order valence-electron chi connectivity index (χ3n) is 9.12. The fraction of sp³-hybridized carbons (Fsp3) is 0.182. The summed E-state index contributed by atoms with van der Waals surface area (Å²) in [4.78, 5) is 22.1. The summed E-state index contributed by atoms with van der Waals surface area (Å²) in [5, 5.41) is 18.8. The monoisotopic (exact) mass is 694 g/mol. The van der Waals surface area contributed by atoms with Crippen LogP contribution in [0.1, 0.15) is 35.1 Å². The second kappa shape index (κ2) is 17.8. The maximum atomic E-state index is 9.41. The number of ether oxygens (including phenoxy) is 2. The molecule has 0 saturated heterocycles. The molecule has 0 amide bonds. The van der Waals surface area contributed by atoms with Crippen molar-refractivity contribution in [3.05, 3.63) is 156 Å². The molecule has 4 aliphatic rings. The molecule has 8 heteroatoms. The van der Waals surface area contributed by atoms with E-state index in [2.05, 4.69) is 97.1 Å². The molecule has 8 nitrogen and oxygen atoms in total. The van der Waals surface area contributed by atoms with Crippen LogP contribution in [0.25, 0.3) is 23.3 Å². The lowest BCUT2D eigenvalue weighted by molar-refractivity contribution is -0.887. The van der Waals surface area contributed by atoms with E-state index in [1.807, 2.05) is 36.4 Å². The van der Waals surface area contributed by atoms with Crippen molar-refractivity contribution >= 4 is 35.2 Å². The first-order valence-corrected chi connectivity index (χ1v) is 17.6. The normalized spacial score (nSPS) is 17.9. The molecule has 0 saturated carbocycles. The van der Waals surface area contributed by atoms with Crippen LogP contribution in [-0.2, 0) is 9.59 Å². The highest BCUT2D eigenvalue weighted by Crippen LogP contribution is 2.38. The molecule has 0 bridgehead atoms. The van der Waals surface area contributed by atoms with Crippen molar-refractivity contribution in [1.29, 1.82) is 0 Å². The fourth-order valence-corrected chi connectivity index (χ4v) is 6.60. The van der Waals surface area contributed by atoms with Crippen LogP contribution < -0.4 is 29.5 Å². The summed E-state index contributed by atoms with van der Waals surface area (Å²) < 4.78 is 12.3. The molecule has 2 atom stereocenters. The third kappa shape index (κ3) is 9.84. The van der Waals surface area contributed by atoms with Crippen LogP contribution in [0.2, 0.25) is 0 Å². The van der Waals surface area contributed by atoms with Crippen molar-refractivity contribution in [3.8, 4) is 23.0 Å². The van der Waals surface area contributed by atoms with E-state index in [-0.39, 0.29) is 0 Å². The van der Waals surface area contributed by atoms with Crippen molar-refractivity contribution in [1.82, 2.24) is 0 Å². The van der Waals surface area contributed by atoms with Gasteiger partial charge in [-0.05, 0) is 60.7 Å². The quantitative estimate of drug-likeness (QED) is 0.237. The van der Waals surface area contributed by atoms with Crippen LogP contribution in [0.5, 0.6) is 23.0 Å². The first-order valence-electron chi connectivity index (χ1n) is 17.6. The number of nitrogens with one attached hydrogen (secondary N) is 2. The topological polar surface area (TPSA) is 108 Å². The van der Waals surface area contributed by atoms with Crippen molar-refractivity contribution < 1.29 is 39.1 Å². The Bertz CT molecular complexity index is 1900. The van der Waals surface area contributed by atoms with Gasteiger partial charge in [0, 0.05) is 46.2 Å². The summed E-state index contributed by atoms with van der Waals surface area (Å²) in [7, 11) is 0. The van der Waals surface area contributed by atoms with Crippen molar-refractivity contribution in [2.75, 3.05) is 39.3 Å². The molecule has 0 radical (unpaired) electrons. The van der Waals surface area contributed by atoms with Gasteiger partial charge in [0.15, 0.2) is 0 Å². The molecule has 2 N–H and O–H groups in total. The lowest BCUT2D eigenvalue weighted by Crippen LogP contribution is -3.12. The molecule has 4 aromatic rings. The number of hydrogen-bond donors (Lipinski definition) is 2. The minimum Gasteiger partial charge on any atom is -0.545 e. The van der Waals surface area contributed by atoms with Gasteiger partial charge in [-0.15, -0.1) is 0 Å². The Labute approximate surface area is 304 Å². The number of benzene rings is 4. The number of carbonyl (C=O) groups excluding carboxylic acids is 2. The number of carboxylic acid groups (broad SMARTS) is 2. The number of fused-ring (bicyclic) bond motifs is 4. The summed E-state index contributed by atoms with van der Waals surface area (Å²) in [5.74, 6) is 0.719. The summed E-state index contributed by atoms with van der Waals surface area (Å²) in [5.41, 5.74) is 7.51. The van der Waals surface area contributed by atoms with Gasteiger partial charge in [-0.1, -0.05) is 84.9 Å². The van der Waals surface area contributed by atoms with Crippen LogP contribution in [0, 0.1) is 0 Å². The van der Waals surface area contributed by atoms with Crippen molar-refractivity contribution in [2.45, 2.75) is 12.8 Å². The third-order valence-corrected chi connectivity index (χ3v) is 9.12. The second-order valence-electron chi connectivity index (χ2n) is 12.9. The summed E-state index contributed by atoms with van der Waals surface area (Å²) in [6.07, 6.45) is 16.9. The van der Waals surface area contributed by atoms with Gasteiger partial charge in [0.05, 0.1) is 38.1 Å². The van der Waals surface area contributed by atoms with E-state index in [1.165, 1.54) is 59.3 Å². The van der Waals surface area contributed by atoms with E-state index in [4.69, 9.17) is 9.47 Å². The lowest BCUT2D eigenvalue weighted by Gasteiger charge is -2.22. The van der Waals surface area contributed by atoms with Crippen LogP contribution in [0.3, 0.4) is 0 Å². The molecular formula is C44H42N2O6. The zero-order valence-electron chi connectivity index (χ0n) is 29.0. The van der Waals surface area contributed by atoms with Crippen LogP contribution in [-0.4, -0.2) is 51.2 Å². The molecule has 4 aromatic carbocycles. The molecule has 4 heterocycles. The van der Waals surface area contributed by atoms with E-state index < -0.39 is 11.9 Å². The van der Waals surface area contributed by atoms with Crippen molar-refractivity contribution in [2.24, 2.45) is 0 Å². The Morgan fingerprint density at radius 3 is 1.31 bits per heavy atom. The first kappa shape index (κ1) is 35.9. The highest BCUT2D eigenvalue weighted by Gasteiger charge is 2.22. The fourth-order valence-electron chi connectivity index (χ4n) is 6.60. The Kier molecular flexibility index (Phi) is 12.3. The summed E-state index contributed by atoms with van der Waals surface area (Å²) in [6, 6.07) is 33.3. The number of hydrogen-bond acceptors (Lipinski definition) is 6. The SMILES string of the molecule is C1=CC[NH+](CC2=Cc3ccccc3Oc3ccccc32)CC1.C1=CC[NH+](CC2=Cc3ccccc3Oc3ccccc32)CC1.O=C([O-])/C=C/C(=O)[O-]. The highest BCUT2D eigenvalue weighted by atomic mass is 16.5. The lowest BCUT2D eigenvalue weighted by atomic mass is 10.0. The Morgan fingerprint density at radius 2 is 0.923 bits per heavy atom. The van der Waals surface area contributed by atoms with E-state index in [9.17, 15) is 19.8 Å². The zero-order valence-corrected chi connectivity index (χ0v) is 29.0. The van der Waals surface area contributed by atoms with Crippen LogP contribution >= 0.6 is 0 Å². The maximum Gasteiger partial charge on any atom is 0.135 e. The van der Waals surface area contributed by atoms with Crippen LogP contribution in [0.4, 0.5) is 0 Å². The summed E-state index contributed by atoms with van der Waals surface area (Å²) in [6.45, 7) is 6.72. The average Bonchev–Trinajstić information content (AvgIpc) is 3.43. The molecule has 2 unspecified atom stereocenters. The van der Waals surface area contributed by atoms with Gasteiger partial charge < -0.3 is 39.1 Å². The Balaban J connectivity index is 0.000000149. The van der Waals surface area contributed by atoms with Gasteiger partial charge in [0.25, 0.3) is 0 Å². The maximum absolute atomic E-state index is 9.41. The van der Waals surface area contributed by atoms with Gasteiger partial charge in [-0.3, -0.25) is 0 Å². The number of carbonyl (C=O) groups is 2. The van der Waals surface area contributed by atoms with Gasteiger partial charge >= 0.3 is 0 Å². The van der Waals surface area contributed by atoms with E-state index in [0.717, 1.165) is 49.2 Å². The molecule has 0 aromatic heterocycles. The minimum atomic E-state index is -1.55. The largest absolute Gasteiger partial charge is 0.545 e. The number of rotatable bonds is 6. The highest BCUT2D eigenvalue weighted by molar-refractivity contribution is 5.89. The molecule has 0 spiro atoms. The van der Waals surface area contributed by atoms with Gasteiger partial charge in [0.1, 0.15) is 36.1 Å². The smallest absolute Gasteiger partial charge is 0.135 e. The number of para-hydroxylation sites is 4. The molecule has 52 heavy (non-hydrogen) atoms. The van der Waals surface area contributed by atoms with E-state index in [0.29, 0.717) is 12.2 Å². The summed E-state index contributed by atoms with van der Waals surface area (Å²) >= 11 is 0. The van der Waals surface area contributed by atoms with Crippen molar-refractivity contribution in [3.63, 3.8) is 0 Å². The standard InChI is InChI=1S/2C20H19NO.C4H4O4/c2*1-6-12-21(13-7-1)15-17-14-16-8-2-4-10-19(16)22-20-11-5-3-9-18(17)20;5-3(6)1-2-4(7)8/h2*1-6,8-11,14H,7,12-13,15H2;1-2H,(H,5,6)(H,7,8)/b;;2-1+. The van der Waals surface area contributed by atoms with E-state index in [1.54, 1.807) is 9.80 Å². The minimum absolute atomic E-state index is 0.384. The predicted molar refractivity (Wildman–Crippen MR) is 199 cm³/mol. The molecule has 0 aliphatic carbocycles. The molecule has 8 rings (SSSR count). The molecular weight excluding hydrogens is 652 g/mol. The second-order valence-corrected chi connectivity index (χ2v) is 12.9. The number of carboxylic acids is 2. The Hall–Kier alpha value is -5.96. The molecule has 4 aliphatic heterocycles. The van der Waals surface area contributed by atoms with Gasteiger partial charge in [-0.25, -0.2) is 0 Å². The predicted octanol–water partition coefficient (Wildman–Crippen LogP) is 3.40. The number of aliphatic carboxylic acids is 2. The van der Waals surface area contributed by atoms with E-state index >= 15 is 0 Å². The molecule has 0 fully saturated rings.